The van der Waals surface area contributed by atoms with Crippen LogP contribution in [0.15, 0.2) is 42.0 Å². The van der Waals surface area contributed by atoms with Gasteiger partial charge in [0.25, 0.3) is 0 Å². The van der Waals surface area contributed by atoms with Gasteiger partial charge in [0.1, 0.15) is 12.7 Å². The van der Waals surface area contributed by atoms with E-state index < -0.39 is 0 Å². The molecule has 17 heavy (non-hydrogen) atoms. The zero-order valence-electron chi connectivity index (χ0n) is 9.15. The van der Waals surface area contributed by atoms with Gasteiger partial charge in [-0.2, -0.15) is 5.10 Å². The summed E-state index contributed by atoms with van der Waals surface area (Å²) in [7, 11) is 1.35. The van der Waals surface area contributed by atoms with Gasteiger partial charge in [0, 0.05) is 0 Å². The molecule has 0 N–H and O–H groups in total. The lowest BCUT2D eigenvalue weighted by atomic mass is 10.1. The number of aromatic nitrogens is 3. The lowest BCUT2D eigenvalue weighted by Crippen LogP contribution is -2.00. The van der Waals surface area contributed by atoms with Crippen molar-refractivity contribution in [2.75, 3.05) is 7.11 Å². The predicted molar refractivity (Wildman–Crippen MR) is 60.8 cm³/mol. The van der Waals surface area contributed by atoms with E-state index in [0.29, 0.717) is 5.56 Å². The first kappa shape index (κ1) is 11.0. The normalized spacial score (nSPS) is 10.6. The summed E-state index contributed by atoms with van der Waals surface area (Å²) in [5.41, 5.74) is 1.38. The summed E-state index contributed by atoms with van der Waals surface area (Å²) in [5.74, 6) is -0.354. The highest BCUT2D eigenvalue weighted by molar-refractivity contribution is 5.90. The van der Waals surface area contributed by atoms with Gasteiger partial charge in [-0.1, -0.05) is 12.1 Å². The summed E-state index contributed by atoms with van der Waals surface area (Å²) in [6, 6.07) is 6.92. The highest BCUT2D eigenvalue weighted by Gasteiger charge is 2.03. The van der Waals surface area contributed by atoms with Gasteiger partial charge in [-0.15, -0.1) is 10.2 Å². The molecule has 6 heteroatoms. The van der Waals surface area contributed by atoms with Crippen molar-refractivity contribution in [3.8, 4) is 0 Å². The average Bonchev–Trinajstić information content (AvgIpc) is 2.89. The van der Waals surface area contributed by atoms with Gasteiger partial charge in [0.15, 0.2) is 0 Å². The van der Waals surface area contributed by atoms with Crippen LogP contribution in [0.2, 0.25) is 0 Å². The fourth-order valence-corrected chi connectivity index (χ4v) is 1.21. The number of benzene rings is 1. The largest absolute Gasteiger partial charge is 0.465 e. The van der Waals surface area contributed by atoms with Crippen LogP contribution in [0.3, 0.4) is 0 Å². The fourth-order valence-electron chi connectivity index (χ4n) is 1.21. The molecule has 0 atom stereocenters. The first-order valence-corrected chi connectivity index (χ1v) is 4.87. The van der Waals surface area contributed by atoms with Crippen LogP contribution in [0.5, 0.6) is 0 Å². The number of hydrogen-bond acceptors (Lipinski definition) is 5. The second-order valence-corrected chi connectivity index (χ2v) is 3.20. The van der Waals surface area contributed by atoms with Crippen LogP contribution in [0, 0.1) is 0 Å². The molecule has 86 valence electrons. The van der Waals surface area contributed by atoms with E-state index in [0.717, 1.165) is 5.56 Å². The molecule has 1 aromatic heterocycles. The standard InChI is InChI=1S/C11H10N4O2/c1-17-11(16)10-4-2-9(3-5-10)6-14-15-7-12-13-8-15/h2-8H,1H3. The summed E-state index contributed by atoms with van der Waals surface area (Å²) in [6.07, 6.45) is 4.61. The number of rotatable bonds is 3. The molecule has 1 aromatic carbocycles. The summed E-state index contributed by atoms with van der Waals surface area (Å²) in [4.78, 5) is 11.2. The van der Waals surface area contributed by atoms with E-state index in [9.17, 15) is 4.79 Å². The molecule has 0 radical (unpaired) electrons. The van der Waals surface area contributed by atoms with Crippen molar-refractivity contribution in [1.29, 1.82) is 0 Å². The Hall–Kier alpha value is -2.50. The molecule has 0 aliphatic carbocycles. The molecule has 0 saturated carbocycles. The number of carbonyl (C=O) groups excluding carboxylic acids is 1. The Bertz CT molecular complexity index is 517. The molecule has 0 fully saturated rings. The molecule has 1 heterocycles. The molecule has 0 bridgehead atoms. The minimum atomic E-state index is -0.354. The molecule has 6 nitrogen and oxygen atoms in total. The Kier molecular flexibility index (Phi) is 3.25. The first-order valence-electron chi connectivity index (χ1n) is 4.87. The Morgan fingerprint density at radius 1 is 1.29 bits per heavy atom. The smallest absolute Gasteiger partial charge is 0.337 e. The molecular weight excluding hydrogens is 220 g/mol. The van der Waals surface area contributed by atoms with Crippen molar-refractivity contribution < 1.29 is 9.53 Å². The summed E-state index contributed by atoms with van der Waals surface area (Å²) >= 11 is 0. The third-order valence-corrected chi connectivity index (χ3v) is 2.08. The number of methoxy groups -OCH3 is 1. The minimum Gasteiger partial charge on any atom is -0.465 e. The van der Waals surface area contributed by atoms with Crippen LogP contribution < -0.4 is 0 Å². The average molecular weight is 230 g/mol. The van der Waals surface area contributed by atoms with Crippen molar-refractivity contribution in [3.63, 3.8) is 0 Å². The number of ether oxygens (including phenoxy) is 1. The van der Waals surface area contributed by atoms with E-state index in [4.69, 9.17) is 0 Å². The molecule has 0 aliphatic rings. The van der Waals surface area contributed by atoms with Crippen molar-refractivity contribution in [2.24, 2.45) is 5.10 Å². The van der Waals surface area contributed by atoms with E-state index in [1.807, 2.05) is 0 Å². The third-order valence-electron chi connectivity index (χ3n) is 2.08. The highest BCUT2D eigenvalue weighted by atomic mass is 16.5. The van der Waals surface area contributed by atoms with Crippen LogP contribution >= 0.6 is 0 Å². The van der Waals surface area contributed by atoms with Gasteiger partial charge >= 0.3 is 5.97 Å². The first-order chi connectivity index (χ1) is 8.29. The quantitative estimate of drug-likeness (QED) is 0.581. The van der Waals surface area contributed by atoms with E-state index in [2.05, 4.69) is 20.0 Å². The molecule has 0 amide bonds. The number of carbonyl (C=O) groups is 1. The second kappa shape index (κ2) is 5.02. The molecule has 2 aromatic rings. The summed E-state index contributed by atoms with van der Waals surface area (Å²) < 4.78 is 6.08. The number of nitrogens with zero attached hydrogens (tertiary/aromatic N) is 4. The van der Waals surface area contributed by atoms with Crippen LogP contribution in [0.4, 0.5) is 0 Å². The van der Waals surface area contributed by atoms with Crippen molar-refractivity contribution in [3.05, 3.63) is 48.0 Å². The van der Waals surface area contributed by atoms with Crippen LogP contribution in [-0.2, 0) is 4.74 Å². The van der Waals surface area contributed by atoms with Crippen molar-refractivity contribution >= 4 is 12.2 Å². The zero-order chi connectivity index (χ0) is 12.1. The molecule has 0 aliphatic heterocycles. The van der Waals surface area contributed by atoms with E-state index in [-0.39, 0.29) is 5.97 Å². The Labute approximate surface area is 97.6 Å². The SMILES string of the molecule is COC(=O)c1ccc(C=Nn2cnnc2)cc1. The number of hydrogen-bond donors (Lipinski definition) is 0. The number of esters is 1. The Morgan fingerprint density at radius 2 is 1.94 bits per heavy atom. The van der Waals surface area contributed by atoms with Gasteiger partial charge < -0.3 is 4.74 Å². The van der Waals surface area contributed by atoms with Crippen LogP contribution in [-0.4, -0.2) is 34.2 Å². The maximum absolute atomic E-state index is 11.2. The maximum atomic E-state index is 11.2. The van der Waals surface area contributed by atoms with E-state index in [1.165, 1.54) is 24.4 Å². The van der Waals surface area contributed by atoms with Crippen LogP contribution in [0.1, 0.15) is 15.9 Å². The lowest BCUT2D eigenvalue weighted by molar-refractivity contribution is 0.0601. The fraction of sp³-hybridized carbons (Fsp3) is 0.0909. The van der Waals surface area contributed by atoms with Gasteiger partial charge in [-0.05, 0) is 17.7 Å². The molecule has 2 rings (SSSR count). The molecule has 0 spiro atoms. The second-order valence-electron chi connectivity index (χ2n) is 3.20. The molecule has 0 unspecified atom stereocenters. The molecular formula is C11H10N4O2. The maximum Gasteiger partial charge on any atom is 0.337 e. The zero-order valence-corrected chi connectivity index (χ0v) is 9.15. The van der Waals surface area contributed by atoms with Gasteiger partial charge in [0.2, 0.25) is 0 Å². The van der Waals surface area contributed by atoms with Crippen molar-refractivity contribution in [1.82, 2.24) is 14.9 Å². The van der Waals surface area contributed by atoms with Crippen LogP contribution in [0.25, 0.3) is 0 Å². The van der Waals surface area contributed by atoms with Gasteiger partial charge in [-0.25, -0.2) is 9.47 Å². The third kappa shape index (κ3) is 2.75. The Morgan fingerprint density at radius 3 is 2.53 bits per heavy atom. The minimum absolute atomic E-state index is 0.354. The predicted octanol–water partition coefficient (Wildman–Crippen LogP) is 0.947. The van der Waals surface area contributed by atoms with Gasteiger partial charge in [0.05, 0.1) is 18.9 Å². The van der Waals surface area contributed by atoms with E-state index >= 15 is 0 Å². The van der Waals surface area contributed by atoms with Gasteiger partial charge in [-0.3, -0.25) is 0 Å². The topological polar surface area (TPSA) is 69.4 Å². The summed E-state index contributed by atoms with van der Waals surface area (Å²) in [5, 5.41) is 11.3. The van der Waals surface area contributed by atoms with E-state index in [1.54, 1.807) is 30.5 Å². The summed E-state index contributed by atoms with van der Waals surface area (Å²) in [6.45, 7) is 0. The Balaban J connectivity index is 2.11. The lowest BCUT2D eigenvalue weighted by Gasteiger charge is -1.98. The molecule has 0 saturated heterocycles. The van der Waals surface area contributed by atoms with Crippen molar-refractivity contribution in [2.45, 2.75) is 0 Å². The monoisotopic (exact) mass is 230 g/mol. The highest BCUT2D eigenvalue weighted by Crippen LogP contribution is 2.04.